The summed E-state index contributed by atoms with van der Waals surface area (Å²) in [6.45, 7) is 3.71. The molecule has 3 aliphatic rings. The van der Waals surface area contributed by atoms with Crippen molar-refractivity contribution < 1.29 is 18.0 Å². The molecular formula is C17H22N2O4S2. The average molecular weight is 383 g/mol. The monoisotopic (exact) mass is 382 g/mol. The van der Waals surface area contributed by atoms with Gasteiger partial charge in [0.2, 0.25) is 0 Å². The van der Waals surface area contributed by atoms with E-state index in [9.17, 15) is 18.0 Å². The molecule has 1 aromatic rings. The van der Waals surface area contributed by atoms with Gasteiger partial charge in [-0.2, -0.15) is 0 Å². The van der Waals surface area contributed by atoms with Gasteiger partial charge in [0.1, 0.15) is 0 Å². The maximum atomic E-state index is 12.9. The van der Waals surface area contributed by atoms with E-state index in [0.29, 0.717) is 22.2 Å². The number of sulfone groups is 1. The van der Waals surface area contributed by atoms with Crippen molar-refractivity contribution in [2.24, 2.45) is 5.92 Å². The normalized spacial score (nSPS) is 28.8. The SMILES string of the molecule is CC(=O)c1ccc(C(=O)N2CCN(CC3CC3)[C@@H]3CS(=O)(=O)C[C@@H]32)s1. The first kappa shape index (κ1) is 17.2. The largest absolute Gasteiger partial charge is 0.331 e. The Morgan fingerprint density at radius 1 is 1.12 bits per heavy atom. The molecular weight excluding hydrogens is 360 g/mol. The molecule has 0 radical (unpaired) electrons. The Morgan fingerprint density at radius 3 is 2.44 bits per heavy atom. The molecule has 2 saturated heterocycles. The van der Waals surface area contributed by atoms with Crippen LogP contribution in [0.25, 0.3) is 0 Å². The number of hydrogen-bond acceptors (Lipinski definition) is 6. The molecule has 0 aromatic carbocycles. The molecule has 0 spiro atoms. The summed E-state index contributed by atoms with van der Waals surface area (Å²) in [5.41, 5.74) is 0. The number of thiophene rings is 1. The van der Waals surface area contributed by atoms with Crippen LogP contribution < -0.4 is 0 Å². The molecule has 0 unspecified atom stereocenters. The molecule has 8 heteroatoms. The number of rotatable bonds is 4. The second-order valence-corrected chi connectivity index (χ2v) is 10.6. The maximum absolute atomic E-state index is 12.9. The predicted octanol–water partition coefficient (Wildman–Crippen LogP) is 1.28. The predicted molar refractivity (Wildman–Crippen MR) is 95.9 cm³/mol. The number of nitrogens with zero attached hydrogens (tertiary/aromatic N) is 2. The van der Waals surface area contributed by atoms with Crippen molar-refractivity contribution in [3.63, 3.8) is 0 Å². The molecule has 3 fully saturated rings. The number of amides is 1. The minimum Gasteiger partial charge on any atom is -0.331 e. The summed E-state index contributed by atoms with van der Waals surface area (Å²) in [7, 11) is -3.12. The van der Waals surface area contributed by atoms with Crippen molar-refractivity contribution >= 4 is 32.9 Å². The Kier molecular flexibility index (Phi) is 4.24. The average Bonchev–Trinajstić information content (AvgIpc) is 3.09. The third kappa shape index (κ3) is 3.39. The summed E-state index contributed by atoms with van der Waals surface area (Å²) in [6, 6.07) is 2.99. The Balaban J connectivity index is 1.57. The highest BCUT2D eigenvalue weighted by molar-refractivity contribution is 7.91. The van der Waals surface area contributed by atoms with Crippen LogP contribution in [0, 0.1) is 5.92 Å². The van der Waals surface area contributed by atoms with Gasteiger partial charge in [-0.3, -0.25) is 14.5 Å². The lowest BCUT2D eigenvalue weighted by molar-refractivity contribution is 0.0322. The van der Waals surface area contributed by atoms with Gasteiger partial charge in [-0.15, -0.1) is 11.3 Å². The zero-order valence-corrected chi connectivity index (χ0v) is 15.8. The van der Waals surface area contributed by atoms with Crippen LogP contribution in [0.2, 0.25) is 0 Å². The zero-order chi connectivity index (χ0) is 17.8. The Bertz CT molecular complexity index is 812. The van der Waals surface area contributed by atoms with Gasteiger partial charge in [0, 0.05) is 25.7 Å². The lowest BCUT2D eigenvalue weighted by atomic mass is 10.0. The molecule has 6 nitrogen and oxygen atoms in total. The van der Waals surface area contributed by atoms with Gasteiger partial charge >= 0.3 is 0 Å². The van der Waals surface area contributed by atoms with Crippen LogP contribution in [0.4, 0.5) is 0 Å². The zero-order valence-electron chi connectivity index (χ0n) is 14.2. The third-order valence-corrected chi connectivity index (χ3v) is 8.28. The number of carbonyl (C=O) groups excluding carboxylic acids is 2. The first-order chi connectivity index (χ1) is 11.8. The quantitative estimate of drug-likeness (QED) is 0.734. The fraction of sp³-hybridized carbons (Fsp3) is 0.647. The molecule has 1 aliphatic carbocycles. The van der Waals surface area contributed by atoms with E-state index in [1.54, 1.807) is 17.0 Å². The lowest BCUT2D eigenvalue weighted by Gasteiger charge is -2.43. The number of fused-ring (bicyclic) bond motifs is 1. The summed E-state index contributed by atoms with van der Waals surface area (Å²) in [5, 5.41) is 0. The number of hydrogen-bond donors (Lipinski definition) is 0. The van der Waals surface area contributed by atoms with Crippen molar-refractivity contribution in [2.75, 3.05) is 31.1 Å². The van der Waals surface area contributed by atoms with Gasteiger partial charge in [-0.1, -0.05) is 0 Å². The van der Waals surface area contributed by atoms with E-state index < -0.39 is 9.84 Å². The molecule has 25 heavy (non-hydrogen) atoms. The number of ketones is 1. The number of carbonyl (C=O) groups is 2. The van der Waals surface area contributed by atoms with E-state index in [2.05, 4.69) is 4.90 Å². The van der Waals surface area contributed by atoms with Crippen LogP contribution in [0.5, 0.6) is 0 Å². The summed E-state index contributed by atoms with van der Waals surface area (Å²) >= 11 is 1.19. The Morgan fingerprint density at radius 2 is 1.80 bits per heavy atom. The van der Waals surface area contributed by atoms with Gasteiger partial charge in [0.25, 0.3) is 5.91 Å². The van der Waals surface area contributed by atoms with E-state index in [1.807, 2.05) is 0 Å². The van der Waals surface area contributed by atoms with Gasteiger partial charge in [-0.25, -0.2) is 8.42 Å². The van der Waals surface area contributed by atoms with E-state index in [0.717, 1.165) is 13.1 Å². The molecule has 1 saturated carbocycles. The number of Topliss-reactive ketones (excluding diaryl/α,β-unsaturated/α-hetero) is 1. The van der Waals surface area contributed by atoms with Crippen LogP contribution >= 0.6 is 11.3 Å². The molecule has 2 atom stereocenters. The van der Waals surface area contributed by atoms with Gasteiger partial charge in [0.15, 0.2) is 15.6 Å². The summed E-state index contributed by atoms with van der Waals surface area (Å²) in [6.07, 6.45) is 2.46. The van der Waals surface area contributed by atoms with Crippen LogP contribution in [-0.2, 0) is 9.84 Å². The first-order valence-electron chi connectivity index (χ1n) is 8.70. The Labute approximate surface area is 151 Å². The fourth-order valence-corrected chi connectivity index (χ4v) is 6.79. The highest BCUT2D eigenvalue weighted by Gasteiger charge is 2.49. The van der Waals surface area contributed by atoms with Crippen molar-refractivity contribution in [3.05, 3.63) is 21.9 Å². The van der Waals surface area contributed by atoms with E-state index in [-0.39, 0.29) is 35.3 Å². The molecule has 0 N–H and O–H groups in total. The highest BCUT2D eigenvalue weighted by Crippen LogP contribution is 2.35. The highest BCUT2D eigenvalue weighted by atomic mass is 32.2. The second kappa shape index (κ2) is 6.17. The fourth-order valence-electron chi connectivity index (χ4n) is 3.92. The molecule has 3 heterocycles. The second-order valence-electron chi connectivity index (χ2n) is 7.37. The van der Waals surface area contributed by atoms with E-state index >= 15 is 0 Å². The Hall–Kier alpha value is -1.25. The summed E-state index contributed by atoms with van der Waals surface area (Å²) < 4.78 is 24.5. The topological polar surface area (TPSA) is 74.8 Å². The third-order valence-electron chi connectivity index (χ3n) is 5.41. The standard InChI is InChI=1S/C17H22N2O4S2/c1-11(20)15-4-5-16(24-15)17(21)19-7-6-18(8-12-2-3-12)13-9-25(22,23)10-14(13)19/h4-5,12-14H,2-3,6-10H2,1H3/t13-,14+/m1/s1. The van der Waals surface area contributed by atoms with Crippen molar-refractivity contribution in [1.29, 1.82) is 0 Å². The van der Waals surface area contributed by atoms with Gasteiger partial charge < -0.3 is 4.90 Å². The summed E-state index contributed by atoms with van der Waals surface area (Å²) in [4.78, 5) is 29.5. The van der Waals surface area contributed by atoms with E-state index in [4.69, 9.17) is 0 Å². The molecule has 2 aliphatic heterocycles. The molecule has 136 valence electrons. The van der Waals surface area contributed by atoms with Gasteiger partial charge in [-0.05, 0) is 37.8 Å². The first-order valence-corrected chi connectivity index (χ1v) is 11.3. The molecule has 0 bridgehead atoms. The smallest absolute Gasteiger partial charge is 0.264 e. The molecule has 4 rings (SSSR count). The van der Waals surface area contributed by atoms with Crippen LogP contribution in [0.3, 0.4) is 0 Å². The van der Waals surface area contributed by atoms with Crippen LogP contribution in [0.1, 0.15) is 39.1 Å². The van der Waals surface area contributed by atoms with Crippen LogP contribution in [-0.4, -0.2) is 73.1 Å². The number of piperazine rings is 1. The maximum Gasteiger partial charge on any atom is 0.264 e. The summed E-state index contributed by atoms with van der Waals surface area (Å²) in [5.74, 6) is 0.698. The minimum absolute atomic E-state index is 0.0511. The van der Waals surface area contributed by atoms with Gasteiger partial charge in [0.05, 0.1) is 27.3 Å². The van der Waals surface area contributed by atoms with Crippen molar-refractivity contribution in [3.8, 4) is 0 Å². The molecule has 1 amide bonds. The van der Waals surface area contributed by atoms with Crippen molar-refractivity contribution in [1.82, 2.24) is 9.80 Å². The minimum atomic E-state index is -3.12. The van der Waals surface area contributed by atoms with E-state index in [1.165, 1.54) is 31.1 Å². The van der Waals surface area contributed by atoms with Crippen molar-refractivity contribution in [2.45, 2.75) is 31.8 Å². The molecule has 1 aromatic heterocycles. The lowest BCUT2D eigenvalue weighted by Crippen LogP contribution is -2.60. The van der Waals surface area contributed by atoms with Crippen LogP contribution in [0.15, 0.2) is 12.1 Å².